The van der Waals surface area contributed by atoms with Crippen molar-refractivity contribution < 1.29 is 33.7 Å². The minimum Gasteiger partial charge on any atom is -0.504 e. The molecule has 150 valence electrons. The van der Waals surface area contributed by atoms with Crippen LogP contribution >= 0.6 is 0 Å². The Balaban J connectivity index is 1.95. The maximum absolute atomic E-state index is 12.9. The molecule has 0 unspecified atom stereocenters. The molecule has 0 saturated heterocycles. The lowest BCUT2D eigenvalue weighted by Crippen LogP contribution is -2.50. The lowest BCUT2D eigenvalue weighted by molar-refractivity contribution is -0.147. The maximum atomic E-state index is 12.9. The van der Waals surface area contributed by atoms with E-state index in [2.05, 4.69) is 0 Å². The van der Waals surface area contributed by atoms with Crippen molar-refractivity contribution in [1.29, 1.82) is 0 Å². The fourth-order valence-electron chi connectivity index (χ4n) is 2.73. The molecule has 2 aromatic rings. The number of hydrogen-bond acceptors (Lipinski definition) is 7. The Kier molecular flexibility index (Phi) is 6.94. The van der Waals surface area contributed by atoms with Gasteiger partial charge in [0.25, 0.3) is 0 Å². The van der Waals surface area contributed by atoms with Gasteiger partial charge in [0.1, 0.15) is 11.4 Å². The Morgan fingerprint density at radius 1 is 1.11 bits per heavy atom. The van der Waals surface area contributed by atoms with Crippen LogP contribution in [0.4, 0.5) is 4.39 Å². The molecule has 4 N–H and O–H groups in total. The van der Waals surface area contributed by atoms with E-state index in [1.165, 1.54) is 37.4 Å². The first-order chi connectivity index (χ1) is 13.2. The van der Waals surface area contributed by atoms with Crippen molar-refractivity contribution in [2.45, 2.75) is 24.8 Å². The van der Waals surface area contributed by atoms with E-state index in [4.69, 9.17) is 15.2 Å². The average Bonchev–Trinajstić information content (AvgIpc) is 2.68. The SMILES string of the molecule is COC(=O)[C@](N)(CCCOC(=O)c1ccc(F)cc1)Cc1ccc(O)c(O)c1. The molecule has 0 fully saturated rings. The Morgan fingerprint density at radius 3 is 2.39 bits per heavy atom. The van der Waals surface area contributed by atoms with E-state index in [1.807, 2.05) is 0 Å². The predicted molar refractivity (Wildman–Crippen MR) is 98.3 cm³/mol. The van der Waals surface area contributed by atoms with Gasteiger partial charge in [0.2, 0.25) is 0 Å². The van der Waals surface area contributed by atoms with Gasteiger partial charge in [-0.15, -0.1) is 0 Å². The monoisotopic (exact) mass is 391 g/mol. The van der Waals surface area contributed by atoms with Crippen LogP contribution in [0.1, 0.15) is 28.8 Å². The van der Waals surface area contributed by atoms with Crippen molar-refractivity contribution in [3.05, 3.63) is 59.4 Å². The fourth-order valence-corrected chi connectivity index (χ4v) is 2.73. The van der Waals surface area contributed by atoms with Crippen LogP contribution in [0.15, 0.2) is 42.5 Å². The molecule has 0 aliphatic rings. The van der Waals surface area contributed by atoms with Crippen LogP contribution < -0.4 is 5.73 Å². The third-order valence-corrected chi connectivity index (χ3v) is 4.23. The summed E-state index contributed by atoms with van der Waals surface area (Å²) >= 11 is 0. The topological polar surface area (TPSA) is 119 Å². The zero-order valence-corrected chi connectivity index (χ0v) is 15.4. The third kappa shape index (κ3) is 5.43. The lowest BCUT2D eigenvalue weighted by atomic mass is 9.87. The van der Waals surface area contributed by atoms with Crippen LogP contribution in [0.5, 0.6) is 11.5 Å². The van der Waals surface area contributed by atoms with E-state index in [-0.39, 0.29) is 42.9 Å². The smallest absolute Gasteiger partial charge is 0.338 e. The van der Waals surface area contributed by atoms with E-state index >= 15 is 0 Å². The molecule has 28 heavy (non-hydrogen) atoms. The number of ether oxygens (including phenoxy) is 2. The van der Waals surface area contributed by atoms with Crippen molar-refractivity contribution in [2.24, 2.45) is 5.73 Å². The van der Waals surface area contributed by atoms with Gasteiger partial charge in [-0.3, -0.25) is 4.79 Å². The first-order valence-electron chi connectivity index (χ1n) is 8.56. The van der Waals surface area contributed by atoms with Gasteiger partial charge in [0.15, 0.2) is 11.5 Å². The van der Waals surface area contributed by atoms with Crippen molar-refractivity contribution in [1.82, 2.24) is 0 Å². The van der Waals surface area contributed by atoms with Gasteiger partial charge in [-0.25, -0.2) is 9.18 Å². The summed E-state index contributed by atoms with van der Waals surface area (Å²) < 4.78 is 22.8. The van der Waals surface area contributed by atoms with Gasteiger partial charge in [-0.2, -0.15) is 0 Å². The molecule has 2 aromatic carbocycles. The summed E-state index contributed by atoms with van der Waals surface area (Å²) in [5, 5.41) is 19.0. The third-order valence-electron chi connectivity index (χ3n) is 4.23. The molecule has 7 nitrogen and oxygen atoms in total. The Bertz CT molecular complexity index is 839. The number of benzene rings is 2. The molecule has 8 heteroatoms. The van der Waals surface area contributed by atoms with Gasteiger partial charge in [0.05, 0.1) is 19.3 Å². The minimum absolute atomic E-state index is 0.00693. The van der Waals surface area contributed by atoms with Crippen LogP contribution in [-0.4, -0.2) is 41.4 Å². The summed E-state index contributed by atoms with van der Waals surface area (Å²) in [6.07, 6.45) is 0.486. The highest BCUT2D eigenvalue weighted by Crippen LogP contribution is 2.27. The van der Waals surface area contributed by atoms with Crippen LogP contribution in [0.25, 0.3) is 0 Å². The number of halogens is 1. The Labute approximate surface area is 161 Å². The van der Waals surface area contributed by atoms with Crippen LogP contribution in [-0.2, 0) is 20.7 Å². The van der Waals surface area contributed by atoms with E-state index in [0.717, 1.165) is 12.1 Å². The molecule has 0 spiro atoms. The zero-order valence-electron chi connectivity index (χ0n) is 15.4. The second kappa shape index (κ2) is 9.18. The van der Waals surface area contributed by atoms with Crippen molar-refractivity contribution in [3.8, 4) is 11.5 Å². The highest BCUT2D eigenvalue weighted by molar-refractivity contribution is 5.89. The van der Waals surface area contributed by atoms with Gasteiger partial charge in [-0.1, -0.05) is 6.07 Å². The van der Waals surface area contributed by atoms with E-state index in [1.54, 1.807) is 0 Å². The van der Waals surface area contributed by atoms with Gasteiger partial charge >= 0.3 is 11.9 Å². The van der Waals surface area contributed by atoms with Crippen LogP contribution in [0.3, 0.4) is 0 Å². The molecule has 0 amide bonds. The number of methoxy groups -OCH3 is 1. The van der Waals surface area contributed by atoms with Crippen LogP contribution in [0.2, 0.25) is 0 Å². The molecule has 2 rings (SSSR count). The highest BCUT2D eigenvalue weighted by Gasteiger charge is 2.35. The standard InChI is InChI=1S/C20H22FNO6/c1-27-19(26)20(22,12-13-3-8-16(23)17(24)11-13)9-2-10-28-18(25)14-4-6-15(21)7-5-14/h3-8,11,23-24H,2,9-10,12,22H2,1H3/t20-/m0/s1. The van der Waals surface area contributed by atoms with Gasteiger partial charge in [-0.05, 0) is 54.8 Å². The summed E-state index contributed by atoms with van der Waals surface area (Å²) in [5.41, 5.74) is 5.56. The number of aromatic hydroxyl groups is 2. The molecule has 0 heterocycles. The Hall–Kier alpha value is -3.13. The van der Waals surface area contributed by atoms with E-state index in [9.17, 15) is 24.2 Å². The number of hydrogen-bond donors (Lipinski definition) is 3. The maximum Gasteiger partial charge on any atom is 0.338 e. The van der Waals surface area contributed by atoms with Crippen molar-refractivity contribution in [2.75, 3.05) is 13.7 Å². The fraction of sp³-hybridized carbons (Fsp3) is 0.300. The number of nitrogens with two attached hydrogens (primary N) is 1. The first-order valence-corrected chi connectivity index (χ1v) is 8.56. The van der Waals surface area contributed by atoms with Gasteiger partial charge < -0.3 is 25.4 Å². The second-order valence-corrected chi connectivity index (χ2v) is 6.39. The molecule has 0 aliphatic heterocycles. The van der Waals surface area contributed by atoms with E-state index in [0.29, 0.717) is 5.56 Å². The number of phenols is 2. The summed E-state index contributed by atoms with van der Waals surface area (Å²) in [7, 11) is 1.22. The quantitative estimate of drug-likeness (QED) is 0.359. The number of rotatable bonds is 8. The summed E-state index contributed by atoms with van der Waals surface area (Å²) in [6.45, 7) is 0.00693. The normalized spacial score (nSPS) is 12.8. The first kappa shape index (κ1) is 21.2. The molecule has 0 saturated carbocycles. The Morgan fingerprint density at radius 2 is 1.79 bits per heavy atom. The molecular formula is C20H22FNO6. The number of carbonyl (C=O) groups excluding carboxylic acids is 2. The molecule has 0 radical (unpaired) electrons. The second-order valence-electron chi connectivity index (χ2n) is 6.39. The van der Waals surface area contributed by atoms with Crippen molar-refractivity contribution >= 4 is 11.9 Å². The highest BCUT2D eigenvalue weighted by atomic mass is 19.1. The average molecular weight is 391 g/mol. The van der Waals surface area contributed by atoms with Crippen molar-refractivity contribution in [3.63, 3.8) is 0 Å². The number of esters is 2. The molecule has 1 atom stereocenters. The summed E-state index contributed by atoms with van der Waals surface area (Å²) in [5.74, 6) is -2.31. The number of phenolic OH excluding ortho intramolecular Hbond substituents is 2. The molecule has 0 aromatic heterocycles. The van der Waals surface area contributed by atoms with Gasteiger partial charge in [0, 0.05) is 6.42 Å². The summed E-state index contributed by atoms with van der Waals surface area (Å²) in [4.78, 5) is 24.1. The van der Waals surface area contributed by atoms with E-state index < -0.39 is 23.3 Å². The molecular weight excluding hydrogens is 369 g/mol. The zero-order chi connectivity index (χ0) is 20.7. The molecule has 0 bridgehead atoms. The molecule has 0 aliphatic carbocycles. The largest absolute Gasteiger partial charge is 0.504 e. The minimum atomic E-state index is -1.40. The predicted octanol–water partition coefficient (Wildman–Crippen LogP) is 2.29. The van der Waals surface area contributed by atoms with Crippen LogP contribution in [0, 0.1) is 5.82 Å². The lowest BCUT2D eigenvalue weighted by Gasteiger charge is -2.26. The number of carbonyl (C=O) groups is 2. The summed E-state index contributed by atoms with van der Waals surface area (Å²) in [6, 6.07) is 9.10.